The first-order valence-corrected chi connectivity index (χ1v) is 8.33. The number of amides is 2. The molecule has 0 saturated carbocycles. The van der Waals surface area contributed by atoms with Crippen molar-refractivity contribution in [2.24, 2.45) is 0 Å². The molecular weight excluding hydrogens is 292 g/mol. The van der Waals surface area contributed by atoms with Crippen molar-refractivity contribution in [2.75, 3.05) is 19.7 Å². The van der Waals surface area contributed by atoms with Crippen molar-refractivity contribution in [3.8, 4) is 5.75 Å². The zero-order valence-electron chi connectivity index (χ0n) is 14.4. The van der Waals surface area contributed by atoms with Crippen molar-refractivity contribution in [3.05, 3.63) is 29.8 Å². The Morgan fingerprint density at radius 1 is 1.09 bits per heavy atom. The highest BCUT2D eigenvalue weighted by Crippen LogP contribution is 2.28. The number of rotatable bonds is 10. The average Bonchev–Trinajstić information content (AvgIpc) is 2.57. The number of ether oxygens (including phenoxy) is 1. The fourth-order valence-corrected chi connectivity index (χ4v) is 2.10. The van der Waals surface area contributed by atoms with Crippen LogP contribution < -0.4 is 15.4 Å². The van der Waals surface area contributed by atoms with E-state index in [0.29, 0.717) is 19.0 Å². The number of carbonyl (C=O) groups is 2. The molecule has 0 aliphatic carbocycles. The summed E-state index contributed by atoms with van der Waals surface area (Å²) in [6.45, 7) is 7.21. The number of nitrogens with one attached hydrogen (secondary N) is 2. The maximum absolute atomic E-state index is 11.8. The van der Waals surface area contributed by atoms with Gasteiger partial charge in [0.05, 0.1) is 0 Å². The van der Waals surface area contributed by atoms with E-state index in [9.17, 15) is 9.59 Å². The molecule has 0 radical (unpaired) electrons. The van der Waals surface area contributed by atoms with E-state index in [1.165, 1.54) is 0 Å². The van der Waals surface area contributed by atoms with Crippen LogP contribution in [-0.4, -0.2) is 31.5 Å². The largest absolute Gasteiger partial charge is 0.483 e. The molecule has 0 aromatic heterocycles. The summed E-state index contributed by atoms with van der Waals surface area (Å²) >= 11 is 0. The molecule has 5 heteroatoms. The fourth-order valence-electron chi connectivity index (χ4n) is 2.10. The standard InChI is InChI=1S/C18H28N2O3/c1-4-11-19-17(21)10-12-20-18(22)13-23-16-9-7-6-8-15(16)14(3)5-2/h6-9,14H,4-5,10-13H2,1-3H3,(H,19,21)(H,20,22). The molecule has 0 bridgehead atoms. The Kier molecular flexibility index (Phi) is 8.80. The van der Waals surface area contributed by atoms with Gasteiger partial charge in [0.15, 0.2) is 6.61 Å². The summed E-state index contributed by atoms with van der Waals surface area (Å²) in [6, 6.07) is 7.78. The van der Waals surface area contributed by atoms with E-state index < -0.39 is 0 Å². The smallest absolute Gasteiger partial charge is 0.257 e. The monoisotopic (exact) mass is 320 g/mol. The number of hydrogen-bond acceptors (Lipinski definition) is 3. The Labute approximate surface area is 138 Å². The molecule has 128 valence electrons. The minimum atomic E-state index is -0.216. The van der Waals surface area contributed by atoms with Crippen LogP contribution in [0.3, 0.4) is 0 Å². The fraction of sp³-hybridized carbons (Fsp3) is 0.556. The summed E-state index contributed by atoms with van der Waals surface area (Å²) < 4.78 is 5.63. The van der Waals surface area contributed by atoms with Crippen molar-refractivity contribution >= 4 is 11.8 Å². The molecule has 1 atom stereocenters. The average molecular weight is 320 g/mol. The number of hydrogen-bond donors (Lipinski definition) is 2. The molecule has 0 saturated heterocycles. The molecule has 0 aliphatic rings. The lowest BCUT2D eigenvalue weighted by molar-refractivity contribution is -0.123. The lowest BCUT2D eigenvalue weighted by atomic mass is 9.98. The Morgan fingerprint density at radius 3 is 2.48 bits per heavy atom. The molecule has 0 aliphatic heterocycles. The van der Waals surface area contributed by atoms with Gasteiger partial charge in [-0.1, -0.05) is 39.0 Å². The van der Waals surface area contributed by atoms with Gasteiger partial charge in [-0.25, -0.2) is 0 Å². The van der Waals surface area contributed by atoms with Crippen molar-refractivity contribution in [3.63, 3.8) is 0 Å². The van der Waals surface area contributed by atoms with Crippen LogP contribution in [0, 0.1) is 0 Å². The summed E-state index contributed by atoms with van der Waals surface area (Å²) in [5.74, 6) is 0.872. The van der Waals surface area contributed by atoms with Crippen LogP contribution in [0.1, 0.15) is 51.5 Å². The van der Waals surface area contributed by atoms with E-state index >= 15 is 0 Å². The van der Waals surface area contributed by atoms with Gasteiger partial charge in [0.25, 0.3) is 5.91 Å². The summed E-state index contributed by atoms with van der Waals surface area (Å²) in [5.41, 5.74) is 1.11. The van der Waals surface area contributed by atoms with Crippen LogP contribution in [-0.2, 0) is 9.59 Å². The summed E-state index contributed by atoms with van der Waals surface area (Å²) in [5, 5.41) is 5.47. The molecule has 2 amide bonds. The minimum Gasteiger partial charge on any atom is -0.483 e. The Bertz CT molecular complexity index is 503. The molecule has 1 rings (SSSR count). The van der Waals surface area contributed by atoms with Gasteiger partial charge in [-0.3, -0.25) is 9.59 Å². The normalized spacial score (nSPS) is 11.6. The maximum Gasteiger partial charge on any atom is 0.257 e. The number of para-hydroxylation sites is 1. The predicted octanol–water partition coefficient (Wildman–Crippen LogP) is 2.61. The molecule has 1 aromatic rings. The van der Waals surface area contributed by atoms with Crippen molar-refractivity contribution in [1.29, 1.82) is 0 Å². The first-order valence-electron chi connectivity index (χ1n) is 8.33. The summed E-state index contributed by atoms with van der Waals surface area (Å²) in [4.78, 5) is 23.2. The Hall–Kier alpha value is -2.04. The highest BCUT2D eigenvalue weighted by atomic mass is 16.5. The van der Waals surface area contributed by atoms with Gasteiger partial charge in [-0.15, -0.1) is 0 Å². The lowest BCUT2D eigenvalue weighted by Crippen LogP contribution is -2.33. The highest BCUT2D eigenvalue weighted by molar-refractivity contribution is 5.79. The number of benzene rings is 1. The molecule has 5 nitrogen and oxygen atoms in total. The summed E-state index contributed by atoms with van der Waals surface area (Å²) in [7, 11) is 0. The van der Waals surface area contributed by atoms with Crippen molar-refractivity contribution in [1.82, 2.24) is 10.6 Å². The second-order valence-corrected chi connectivity index (χ2v) is 5.59. The molecular formula is C18H28N2O3. The highest BCUT2D eigenvalue weighted by Gasteiger charge is 2.11. The van der Waals surface area contributed by atoms with E-state index in [-0.39, 0.29) is 24.8 Å². The van der Waals surface area contributed by atoms with E-state index in [2.05, 4.69) is 24.5 Å². The second kappa shape index (κ2) is 10.6. The molecule has 1 aromatic carbocycles. The first-order chi connectivity index (χ1) is 11.1. The van der Waals surface area contributed by atoms with Crippen molar-refractivity contribution in [2.45, 2.75) is 46.0 Å². The minimum absolute atomic E-state index is 0.0377. The maximum atomic E-state index is 11.8. The topological polar surface area (TPSA) is 67.4 Å². The van der Waals surface area contributed by atoms with E-state index in [4.69, 9.17) is 4.74 Å². The van der Waals surface area contributed by atoms with Crippen LogP contribution in [0.2, 0.25) is 0 Å². The third kappa shape index (κ3) is 7.17. The lowest BCUT2D eigenvalue weighted by Gasteiger charge is -2.15. The van der Waals surface area contributed by atoms with Gasteiger partial charge < -0.3 is 15.4 Å². The van der Waals surface area contributed by atoms with Gasteiger partial charge in [0, 0.05) is 19.5 Å². The van der Waals surface area contributed by atoms with Crippen LogP contribution in [0.5, 0.6) is 5.75 Å². The predicted molar refractivity (Wildman–Crippen MR) is 91.6 cm³/mol. The van der Waals surface area contributed by atoms with Crippen LogP contribution >= 0.6 is 0 Å². The third-order valence-corrected chi connectivity index (χ3v) is 3.67. The van der Waals surface area contributed by atoms with Crippen LogP contribution in [0.4, 0.5) is 0 Å². The van der Waals surface area contributed by atoms with E-state index in [1.807, 2.05) is 31.2 Å². The number of carbonyl (C=O) groups excluding carboxylic acids is 2. The van der Waals surface area contributed by atoms with E-state index in [1.54, 1.807) is 0 Å². The van der Waals surface area contributed by atoms with Gasteiger partial charge in [0.1, 0.15) is 5.75 Å². The first kappa shape index (κ1) is 19.0. The Balaban J connectivity index is 2.35. The van der Waals surface area contributed by atoms with Crippen molar-refractivity contribution < 1.29 is 14.3 Å². The quantitative estimate of drug-likeness (QED) is 0.696. The Morgan fingerprint density at radius 2 is 1.78 bits per heavy atom. The van der Waals surface area contributed by atoms with Crippen LogP contribution in [0.15, 0.2) is 24.3 Å². The SMILES string of the molecule is CCCNC(=O)CCNC(=O)COc1ccccc1C(C)CC. The molecule has 0 spiro atoms. The van der Waals surface area contributed by atoms with Gasteiger partial charge in [0.2, 0.25) is 5.91 Å². The van der Waals surface area contributed by atoms with E-state index in [0.717, 1.165) is 24.2 Å². The molecule has 2 N–H and O–H groups in total. The van der Waals surface area contributed by atoms with Gasteiger partial charge >= 0.3 is 0 Å². The summed E-state index contributed by atoms with van der Waals surface area (Å²) in [6.07, 6.45) is 2.20. The molecule has 0 heterocycles. The van der Waals surface area contributed by atoms with Gasteiger partial charge in [-0.05, 0) is 30.4 Å². The molecule has 23 heavy (non-hydrogen) atoms. The zero-order chi connectivity index (χ0) is 17.1. The molecule has 1 unspecified atom stereocenters. The second-order valence-electron chi connectivity index (χ2n) is 5.59. The third-order valence-electron chi connectivity index (χ3n) is 3.67. The van der Waals surface area contributed by atoms with Gasteiger partial charge in [-0.2, -0.15) is 0 Å². The van der Waals surface area contributed by atoms with Crippen LogP contribution in [0.25, 0.3) is 0 Å². The zero-order valence-corrected chi connectivity index (χ0v) is 14.4. The molecule has 0 fully saturated rings.